The number of anilines is 3. The van der Waals surface area contributed by atoms with Crippen molar-refractivity contribution in [2.45, 2.75) is 25.8 Å². The van der Waals surface area contributed by atoms with Crippen LogP contribution in [0.1, 0.15) is 24.8 Å². The Morgan fingerprint density at radius 1 is 1.06 bits per heavy atom. The largest absolute Gasteiger partial charge is 0.493 e. The van der Waals surface area contributed by atoms with E-state index in [4.69, 9.17) is 9.47 Å². The van der Waals surface area contributed by atoms with Gasteiger partial charge in [-0.05, 0) is 68.2 Å². The summed E-state index contributed by atoms with van der Waals surface area (Å²) in [5.74, 6) is 2.66. The molecule has 3 N–H and O–H groups in total. The van der Waals surface area contributed by atoms with Gasteiger partial charge in [0.15, 0.2) is 11.5 Å². The highest BCUT2D eigenvalue weighted by atomic mass is 16.5. The number of nitrogens with one attached hydrogen (secondary N) is 3. The molecule has 1 fully saturated rings. The molecule has 0 bridgehead atoms. The summed E-state index contributed by atoms with van der Waals surface area (Å²) in [5, 5.41) is 14.8. The fraction of sp³-hybridized carbons (Fsp3) is 0.346. The number of hydrogen-bond acceptors (Lipinski definition) is 8. The first-order valence-corrected chi connectivity index (χ1v) is 12.1. The molecule has 9 nitrogen and oxygen atoms in total. The van der Waals surface area contributed by atoms with Gasteiger partial charge in [-0.15, -0.1) is 0 Å². The molecule has 0 spiro atoms. The van der Waals surface area contributed by atoms with Gasteiger partial charge in [-0.2, -0.15) is 10.1 Å². The van der Waals surface area contributed by atoms with Crippen LogP contribution in [0.5, 0.6) is 11.5 Å². The van der Waals surface area contributed by atoms with Crippen molar-refractivity contribution in [1.82, 2.24) is 25.1 Å². The predicted octanol–water partition coefficient (Wildman–Crippen LogP) is 4.58. The molecular weight excluding hydrogens is 442 g/mol. The van der Waals surface area contributed by atoms with Crippen LogP contribution in [0.15, 0.2) is 54.9 Å². The lowest BCUT2D eigenvalue weighted by Crippen LogP contribution is -2.21. The molecule has 1 saturated heterocycles. The van der Waals surface area contributed by atoms with Gasteiger partial charge >= 0.3 is 0 Å². The number of ether oxygens (including phenoxy) is 2. The van der Waals surface area contributed by atoms with Crippen LogP contribution in [0.3, 0.4) is 0 Å². The molecule has 0 atom stereocenters. The quantitative estimate of drug-likeness (QED) is 0.272. The summed E-state index contributed by atoms with van der Waals surface area (Å²) >= 11 is 0. The fourth-order valence-corrected chi connectivity index (χ4v) is 4.29. The Labute approximate surface area is 204 Å². The highest BCUT2D eigenvalue weighted by molar-refractivity contribution is 5.78. The lowest BCUT2D eigenvalue weighted by molar-refractivity contribution is 0.254. The summed E-state index contributed by atoms with van der Waals surface area (Å²) in [6, 6.07) is 13.8. The number of H-pyrrole nitrogens is 1. The second-order valence-corrected chi connectivity index (χ2v) is 8.65. The molecule has 35 heavy (non-hydrogen) atoms. The van der Waals surface area contributed by atoms with Gasteiger partial charge in [-0.3, -0.25) is 5.10 Å². The summed E-state index contributed by atoms with van der Waals surface area (Å²) in [4.78, 5) is 11.5. The Morgan fingerprint density at radius 3 is 2.86 bits per heavy atom. The third-order valence-electron chi connectivity index (χ3n) is 6.13. The van der Waals surface area contributed by atoms with E-state index in [0.29, 0.717) is 30.6 Å². The molecule has 4 aromatic rings. The van der Waals surface area contributed by atoms with Gasteiger partial charge in [0.2, 0.25) is 5.95 Å². The molecule has 0 saturated carbocycles. The van der Waals surface area contributed by atoms with Crippen LogP contribution in [-0.2, 0) is 6.54 Å². The van der Waals surface area contributed by atoms with E-state index < -0.39 is 0 Å². The number of fused-ring (bicyclic) bond motifs is 1. The number of hydrogen-bond donors (Lipinski definition) is 3. The maximum atomic E-state index is 6.05. The Morgan fingerprint density at radius 2 is 1.97 bits per heavy atom. The number of aromatic nitrogens is 4. The Kier molecular flexibility index (Phi) is 7.24. The summed E-state index contributed by atoms with van der Waals surface area (Å²) < 4.78 is 11.5. The predicted molar refractivity (Wildman–Crippen MR) is 138 cm³/mol. The van der Waals surface area contributed by atoms with E-state index in [-0.39, 0.29) is 0 Å². The second-order valence-electron chi connectivity index (χ2n) is 8.65. The number of nitrogens with zero attached hydrogens (tertiary/aromatic N) is 4. The van der Waals surface area contributed by atoms with Gasteiger partial charge in [-0.25, -0.2) is 4.98 Å². The number of rotatable bonds is 11. The average Bonchev–Trinajstić information content (AvgIpc) is 3.58. The minimum atomic E-state index is 0.505. The first-order valence-electron chi connectivity index (χ1n) is 12.1. The number of benzene rings is 2. The molecule has 2 aromatic heterocycles. The average molecular weight is 474 g/mol. The monoisotopic (exact) mass is 473 g/mol. The van der Waals surface area contributed by atoms with Gasteiger partial charge in [0.1, 0.15) is 5.82 Å². The van der Waals surface area contributed by atoms with E-state index in [1.54, 1.807) is 13.3 Å². The zero-order valence-corrected chi connectivity index (χ0v) is 20.0. The van der Waals surface area contributed by atoms with Gasteiger partial charge in [0, 0.05) is 36.4 Å². The fourth-order valence-electron chi connectivity index (χ4n) is 4.29. The van der Waals surface area contributed by atoms with Crippen molar-refractivity contribution < 1.29 is 9.47 Å². The Hall–Kier alpha value is -3.85. The summed E-state index contributed by atoms with van der Waals surface area (Å²) in [6.07, 6.45) is 7.16. The van der Waals surface area contributed by atoms with Crippen molar-refractivity contribution >= 4 is 28.4 Å². The topological polar surface area (TPSA) is 100 Å². The van der Waals surface area contributed by atoms with Crippen molar-refractivity contribution in [2.24, 2.45) is 0 Å². The Balaban J connectivity index is 1.18. The van der Waals surface area contributed by atoms with Crippen LogP contribution in [0, 0.1) is 0 Å². The molecule has 9 heteroatoms. The van der Waals surface area contributed by atoms with Crippen LogP contribution in [0.2, 0.25) is 0 Å². The third kappa shape index (κ3) is 5.99. The standard InChI is InChI=1S/C26H31N7O2/c1-34-23-8-6-21(16-24(23)35-14-4-13-33-11-2-3-12-33)30-26-27-10-9-25(31-26)28-17-19-5-7-22-20(15-19)18-29-32-22/h5-10,15-16,18H,2-4,11-14,17H2,1H3,(H,29,32)(H2,27,28,30,31). The lowest BCUT2D eigenvalue weighted by atomic mass is 10.1. The molecular formula is C26H31N7O2. The molecule has 1 aliphatic heterocycles. The van der Waals surface area contributed by atoms with Gasteiger partial charge in [0.05, 0.1) is 25.4 Å². The van der Waals surface area contributed by atoms with E-state index in [1.165, 1.54) is 25.9 Å². The first kappa shape index (κ1) is 22.9. The van der Waals surface area contributed by atoms with Crippen molar-refractivity contribution in [1.29, 1.82) is 0 Å². The molecule has 5 rings (SSSR count). The van der Waals surface area contributed by atoms with Crippen LogP contribution in [-0.4, -0.2) is 58.4 Å². The molecule has 2 aromatic carbocycles. The SMILES string of the molecule is COc1ccc(Nc2nccc(NCc3ccc4[nH]ncc4c3)n2)cc1OCCCN1CCCC1. The van der Waals surface area contributed by atoms with E-state index in [9.17, 15) is 0 Å². The molecule has 0 amide bonds. The molecule has 0 unspecified atom stereocenters. The molecule has 0 aliphatic carbocycles. The number of aromatic amines is 1. The third-order valence-corrected chi connectivity index (χ3v) is 6.13. The first-order chi connectivity index (χ1) is 17.3. The van der Waals surface area contributed by atoms with Crippen LogP contribution in [0.25, 0.3) is 10.9 Å². The smallest absolute Gasteiger partial charge is 0.229 e. The van der Waals surface area contributed by atoms with Crippen molar-refractivity contribution in [2.75, 3.05) is 44.0 Å². The minimum Gasteiger partial charge on any atom is -0.493 e. The zero-order valence-electron chi connectivity index (χ0n) is 20.0. The zero-order chi connectivity index (χ0) is 23.9. The lowest BCUT2D eigenvalue weighted by Gasteiger charge is -2.16. The van der Waals surface area contributed by atoms with Crippen molar-refractivity contribution in [3.8, 4) is 11.5 Å². The molecule has 0 radical (unpaired) electrons. The number of methoxy groups -OCH3 is 1. The maximum Gasteiger partial charge on any atom is 0.229 e. The highest BCUT2D eigenvalue weighted by Crippen LogP contribution is 2.31. The summed E-state index contributed by atoms with van der Waals surface area (Å²) in [6.45, 7) is 4.78. The van der Waals surface area contributed by atoms with Crippen molar-refractivity contribution in [3.05, 3.63) is 60.4 Å². The second kappa shape index (κ2) is 11.1. The highest BCUT2D eigenvalue weighted by Gasteiger charge is 2.12. The molecule has 3 heterocycles. The van der Waals surface area contributed by atoms with E-state index >= 15 is 0 Å². The molecule has 182 valence electrons. The maximum absolute atomic E-state index is 6.05. The van der Waals surface area contributed by atoms with Gasteiger partial charge in [-0.1, -0.05) is 6.07 Å². The van der Waals surface area contributed by atoms with E-state index in [1.807, 2.05) is 36.5 Å². The number of likely N-dealkylation sites (tertiary alicyclic amines) is 1. The molecule has 1 aliphatic rings. The van der Waals surface area contributed by atoms with Crippen LogP contribution < -0.4 is 20.1 Å². The van der Waals surface area contributed by atoms with Crippen LogP contribution >= 0.6 is 0 Å². The Bertz CT molecular complexity index is 1250. The van der Waals surface area contributed by atoms with E-state index in [0.717, 1.165) is 40.9 Å². The van der Waals surface area contributed by atoms with Crippen LogP contribution in [0.4, 0.5) is 17.5 Å². The minimum absolute atomic E-state index is 0.505. The normalized spacial score (nSPS) is 13.7. The van der Waals surface area contributed by atoms with Crippen molar-refractivity contribution in [3.63, 3.8) is 0 Å². The van der Waals surface area contributed by atoms with E-state index in [2.05, 4.69) is 47.8 Å². The van der Waals surface area contributed by atoms with Gasteiger partial charge in [0.25, 0.3) is 0 Å². The summed E-state index contributed by atoms with van der Waals surface area (Å²) in [5.41, 5.74) is 3.01. The van der Waals surface area contributed by atoms with Gasteiger partial charge < -0.3 is 25.0 Å². The summed E-state index contributed by atoms with van der Waals surface area (Å²) in [7, 11) is 1.65.